The van der Waals surface area contributed by atoms with Crippen molar-refractivity contribution in [3.05, 3.63) is 60.2 Å². The van der Waals surface area contributed by atoms with Crippen LogP contribution >= 0.6 is 0 Å². The molecule has 0 aromatic heterocycles. The number of carbonyl (C=O) groups is 2. The highest BCUT2D eigenvalue weighted by Crippen LogP contribution is 2.19. The highest BCUT2D eigenvalue weighted by atomic mass is 16.3. The number of amides is 2. The van der Waals surface area contributed by atoms with Crippen molar-refractivity contribution in [2.45, 2.75) is 37.8 Å². The highest BCUT2D eigenvalue weighted by molar-refractivity contribution is 5.98. The lowest BCUT2D eigenvalue weighted by Gasteiger charge is -2.19. The Labute approximate surface area is 153 Å². The molecule has 3 rings (SSSR count). The van der Waals surface area contributed by atoms with Crippen molar-refractivity contribution in [2.75, 3.05) is 6.61 Å². The third-order valence-electron chi connectivity index (χ3n) is 4.76. The molecule has 0 spiro atoms. The van der Waals surface area contributed by atoms with Gasteiger partial charge in [-0.15, -0.1) is 0 Å². The van der Waals surface area contributed by atoms with Crippen molar-refractivity contribution in [1.82, 2.24) is 10.6 Å². The fraction of sp³-hybridized carbons (Fsp3) is 0.333. The summed E-state index contributed by atoms with van der Waals surface area (Å²) < 4.78 is 0. The van der Waals surface area contributed by atoms with Gasteiger partial charge in [-0.1, -0.05) is 55.3 Å². The van der Waals surface area contributed by atoms with E-state index in [-0.39, 0.29) is 17.9 Å². The molecule has 136 valence electrons. The van der Waals surface area contributed by atoms with Gasteiger partial charge in [0.1, 0.15) is 6.04 Å². The predicted molar refractivity (Wildman–Crippen MR) is 101 cm³/mol. The maximum Gasteiger partial charge on any atom is 0.251 e. The number of carbonyl (C=O) groups excluding carboxylic acids is 2. The van der Waals surface area contributed by atoms with Gasteiger partial charge in [0.15, 0.2) is 0 Å². The number of benzene rings is 2. The maximum atomic E-state index is 12.4. The molecule has 0 saturated heterocycles. The monoisotopic (exact) mass is 352 g/mol. The Bertz CT molecular complexity index is 738. The first kappa shape index (κ1) is 18.1. The Morgan fingerprint density at radius 3 is 2.19 bits per heavy atom. The van der Waals surface area contributed by atoms with Gasteiger partial charge in [-0.3, -0.25) is 9.59 Å². The predicted octanol–water partition coefficient (Wildman–Crippen LogP) is 2.50. The Morgan fingerprint density at radius 2 is 1.58 bits per heavy atom. The van der Waals surface area contributed by atoms with Crippen molar-refractivity contribution in [1.29, 1.82) is 0 Å². The maximum absolute atomic E-state index is 12.4. The summed E-state index contributed by atoms with van der Waals surface area (Å²) in [5.74, 6) is -0.695. The van der Waals surface area contributed by atoms with Crippen LogP contribution in [0, 0.1) is 0 Å². The van der Waals surface area contributed by atoms with Gasteiger partial charge in [0.05, 0.1) is 6.61 Å². The molecule has 0 radical (unpaired) electrons. The minimum atomic E-state index is -0.933. The molecule has 1 aliphatic carbocycles. The topological polar surface area (TPSA) is 78.4 Å². The number of aliphatic hydroxyl groups is 1. The zero-order chi connectivity index (χ0) is 18.4. The summed E-state index contributed by atoms with van der Waals surface area (Å²) in [7, 11) is 0. The molecule has 5 heteroatoms. The van der Waals surface area contributed by atoms with E-state index in [1.165, 1.54) is 0 Å². The Morgan fingerprint density at radius 1 is 0.962 bits per heavy atom. The largest absolute Gasteiger partial charge is 0.394 e. The van der Waals surface area contributed by atoms with E-state index in [1.807, 2.05) is 42.5 Å². The second kappa shape index (κ2) is 8.63. The molecule has 1 fully saturated rings. The third kappa shape index (κ3) is 4.49. The van der Waals surface area contributed by atoms with Crippen LogP contribution in [0.1, 0.15) is 36.0 Å². The highest BCUT2D eigenvalue weighted by Gasteiger charge is 2.24. The molecule has 1 saturated carbocycles. The Hall–Kier alpha value is -2.66. The molecule has 1 aliphatic rings. The number of hydrogen-bond donors (Lipinski definition) is 3. The molecule has 2 amide bonds. The van der Waals surface area contributed by atoms with E-state index in [0.717, 1.165) is 36.8 Å². The molecule has 5 nitrogen and oxygen atoms in total. The molecular weight excluding hydrogens is 328 g/mol. The van der Waals surface area contributed by atoms with Gasteiger partial charge in [-0.05, 0) is 36.1 Å². The van der Waals surface area contributed by atoms with Gasteiger partial charge < -0.3 is 15.7 Å². The van der Waals surface area contributed by atoms with Crippen LogP contribution in [-0.4, -0.2) is 35.6 Å². The summed E-state index contributed by atoms with van der Waals surface area (Å²) in [6.45, 7) is -0.424. The summed E-state index contributed by atoms with van der Waals surface area (Å²) in [6.07, 6.45) is 4.13. The Kier molecular flexibility index (Phi) is 6.02. The summed E-state index contributed by atoms with van der Waals surface area (Å²) in [6, 6.07) is 16.3. The van der Waals surface area contributed by atoms with E-state index in [2.05, 4.69) is 10.6 Å². The fourth-order valence-corrected chi connectivity index (χ4v) is 3.25. The summed E-state index contributed by atoms with van der Waals surface area (Å²) >= 11 is 0. The molecule has 0 bridgehead atoms. The van der Waals surface area contributed by atoms with Gasteiger partial charge in [-0.2, -0.15) is 0 Å². The quantitative estimate of drug-likeness (QED) is 0.747. The van der Waals surface area contributed by atoms with Gasteiger partial charge in [0.2, 0.25) is 5.91 Å². The van der Waals surface area contributed by atoms with E-state index in [9.17, 15) is 14.7 Å². The first-order valence-electron chi connectivity index (χ1n) is 9.05. The molecule has 2 aromatic rings. The minimum Gasteiger partial charge on any atom is -0.394 e. The van der Waals surface area contributed by atoms with Crippen LogP contribution in [-0.2, 0) is 4.79 Å². The van der Waals surface area contributed by atoms with Crippen LogP contribution in [0.5, 0.6) is 0 Å². The van der Waals surface area contributed by atoms with Crippen LogP contribution in [0.2, 0.25) is 0 Å². The van der Waals surface area contributed by atoms with E-state index >= 15 is 0 Å². The molecule has 0 aliphatic heterocycles. The molecule has 1 atom stereocenters. The zero-order valence-corrected chi connectivity index (χ0v) is 14.7. The lowest BCUT2D eigenvalue weighted by Crippen LogP contribution is -2.51. The second-order valence-corrected chi connectivity index (χ2v) is 6.64. The minimum absolute atomic E-state index is 0.151. The molecule has 2 aromatic carbocycles. The van der Waals surface area contributed by atoms with Gasteiger partial charge in [0, 0.05) is 11.6 Å². The van der Waals surface area contributed by atoms with E-state index in [4.69, 9.17) is 0 Å². The average molecular weight is 352 g/mol. The first-order chi connectivity index (χ1) is 12.7. The fourth-order valence-electron chi connectivity index (χ4n) is 3.25. The molecule has 3 N–H and O–H groups in total. The van der Waals surface area contributed by atoms with Crippen LogP contribution in [0.4, 0.5) is 0 Å². The third-order valence-corrected chi connectivity index (χ3v) is 4.76. The summed E-state index contributed by atoms with van der Waals surface area (Å²) in [5, 5.41) is 15.0. The number of hydrogen-bond acceptors (Lipinski definition) is 3. The van der Waals surface area contributed by atoms with Gasteiger partial charge >= 0.3 is 0 Å². The van der Waals surface area contributed by atoms with Crippen LogP contribution in [0.3, 0.4) is 0 Å². The smallest absolute Gasteiger partial charge is 0.251 e. The number of aliphatic hydroxyl groups excluding tert-OH is 1. The standard InChI is InChI=1S/C21H24N2O3/c24-14-19(21(26)22-18-8-4-5-9-18)23-20(25)17-12-10-16(11-13-17)15-6-2-1-3-7-15/h1-3,6-7,10-13,18-19,24H,4-5,8-9,14H2,(H,22,26)(H,23,25). The van der Waals surface area contributed by atoms with Crippen molar-refractivity contribution < 1.29 is 14.7 Å². The second-order valence-electron chi connectivity index (χ2n) is 6.64. The van der Waals surface area contributed by atoms with Crippen molar-refractivity contribution in [2.24, 2.45) is 0 Å². The average Bonchev–Trinajstić information content (AvgIpc) is 3.19. The molecule has 0 heterocycles. The lowest BCUT2D eigenvalue weighted by molar-refractivity contribution is -0.124. The van der Waals surface area contributed by atoms with Crippen molar-refractivity contribution >= 4 is 11.8 Å². The zero-order valence-electron chi connectivity index (χ0n) is 14.7. The number of nitrogens with one attached hydrogen (secondary N) is 2. The van der Waals surface area contributed by atoms with Crippen molar-refractivity contribution in [3.8, 4) is 11.1 Å². The first-order valence-corrected chi connectivity index (χ1v) is 9.05. The van der Waals surface area contributed by atoms with Crippen LogP contribution in [0.25, 0.3) is 11.1 Å². The van der Waals surface area contributed by atoms with Gasteiger partial charge in [0.25, 0.3) is 5.91 Å². The summed E-state index contributed by atoms with van der Waals surface area (Å²) in [5.41, 5.74) is 2.54. The normalized spacial score (nSPS) is 15.4. The van der Waals surface area contributed by atoms with Gasteiger partial charge in [-0.25, -0.2) is 0 Å². The van der Waals surface area contributed by atoms with Crippen LogP contribution in [0.15, 0.2) is 54.6 Å². The number of rotatable bonds is 6. The summed E-state index contributed by atoms with van der Waals surface area (Å²) in [4.78, 5) is 24.7. The van der Waals surface area contributed by atoms with Crippen molar-refractivity contribution in [3.63, 3.8) is 0 Å². The van der Waals surface area contributed by atoms with Crippen LogP contribution < -0.4 is 10.6 Å². The molecular formula is C21H24N2O3. The molecule has 26 heavy (non-hydrogen) atoms. The SMILES string of the molecule is O=C(NC(CO)C(=O)NC1CCCC1)c1ccc(-c2ccccc2)cc1. The van der Waals surface area contributed by atoms with E-state index < -0.39 is 12.6 Å². The lowest BCUT2D eigenvalue weighted by atomic mass is 10.0. The van der Waals surface area contributed by atoms with E-state index in [1.54, 1.807) is 12.1 Å². The Balaban J connectivity index is 1.61. The molecule has 1 unspecified atom stereocenters. The van der Waals surface area contributed by atoms with E-state index in [0.29, 0.717) is 5.56 Å².